The van der Waals surface area contributed by atoms with Crippen LogP contribution >= 0.6 is 0 Å². The summed E-state index contributed by atoms with van der Waals surface area (Å²) >= 11 is 0. The van der Waals surface area contributed by atoms with Crippen LogP contribution in [0.15, 0.2) is 0 Å². The van der Waals surface area contributed by atoms with E-state index in [0.717, 1.165) is 0 Å². The van der Waals surface area contributed by atoms with Gasteiger partial charge in [0.05, 0.1) is 12.5 Å². The van der Waals surface area contributed by atoms with Gasteiger partial charge < -0.3 is 31.6 Å². The third-order valence-electron chi connectivity index (χ3n) is 3.01. The predicted octanol–water partition coefficient (Wildman–Crippen LogP) is -2.58. The number of carbonyl (C=O) groups excluding carboxylic acids is 5. The maximum Gasteiger partial charge on any atom is 0.305 e. The van der Waals surface area contributed by atoms with E-state index in [1.165, 1.54) is 13.8 Å². The molecule has 11 heteroatoms. The SMILES string of the molecule is CC(=O)N[C@@H](C)C(=O)N[C@@H](CCC(N)=O)C(=O)N[C@H](C=O)CC(=O)O. The van der Waals surface area contributed by atoms with Gasteiger partial charge in [0.2, 0.25) is 23.6 Å². The van der Waals surface area contributed by atoms with Gasteiger partial charge in [-0.2, -0.15) is 0 Å². The van der Waals surface area contributed by atoms with E-state index in [0.29, 0.717) is 0 Å². The van der Waals surface area contributed by atoms with Gasteiger partial charge in [-0.1, -0.05) is 0 Å². The first-order valence-corrected chi connectivity index (χ1v) is 7.40. The number of nitrogens with two attached hydrogens (primary N) is 1. The second-order valence-electron chi connectivity index (χ2n) is 5.34. The zero-order valence-corrected chi connectivity index (χ0v) is 13.9. The van der Waals surface area contributed by atoms with Crippen molar-refractivity contribution < 1.29 is 33.9 Å². The van der Waals surface area contributed by atoms with Crippen LogP contribution in [-0.4, -0.2) is 59.1 Å². The van der Waals surface area contributed by atoms with Crippen molar-refractivity contribution in [1.82, 2.24) is 16.0 Å². The lowest BCUT2D eigenvalue weighted by Gasteiger charge is -2.22. The zero-order valence-electron chi connectivity index (χ0n) is 13.9. The Balaban J connectivity index is 5.00. The van der Waals surface area contributed by atoms with E-state index in [1.54, 1.807) is 0 Å². The van der Waals surface area contributed by atoms with E-state index in [2.05, 4.69) is 16.0 Å². The molecule has 0 aromatic rings. The maximum absolute atomic E-state index is 12.2. The summed E-state index contributed by atoms with van der Waals surface area (Å²) in [5.74, 6) is -4.00. The molecule has 0 spiro atoms. The summed E-state index contributed by atoms with van der Waals surface area (Å²) in [4.78, 5) is 67.5. The van der Waals surface area contributed by atoms with Crippen molar-refractivity contribution in [3.05, 3.63) is 0 Å². The van der Waals surface area contributed by atoms with Gasteiger partial charge in [-0.25, -0.2) is 0 Å². The zero-order chi connectivity index (χ0) is 19.6. The molecule has 0 aromatic carbocycles. The molecule has 6 N–H and O–H groups in total. The number of carbonyl (C=O) groups is 6. The first-order chi connectivity index (χ1) is 11.6. The van der Waals surface area contributed by atoms with Gasteiger partial charge in [0, 0.05) is 13.3 Å². The number of amides is 4. The number of carboxylic acids is 1. The van der Waals surface area contributed by atoms with Crippen LogP contribution in [0.5, 0.6) is 0 Å². The Bertz CT molecular complexity index is 549. The summed E-state index contributed by atoms with van der Waals surface area (Å²) in [6.07, 6.45) is -0.761. The number of carboxylic acid groups (broad SMARTS) is 1. The van der Waals surface area contributed by atoms with Crippen molar-refractivity contribution in [2.24, 2.45) is 5.73 Å². The van der Waals surface area contributed by atoms with Crippen molar-refractivity contribution >= 4 is 35.9 Å². The molecular weight excluding hydrogens is 336 g/mol. The number of rotatable bonds is 11. The molecule has 0 heterocycles. The second-order valence-corrected chi connectivity index (χ2v) is 5.34. The second kappa shape index (κ2) is 10.7. The number of aliphatic carboxylic acids is 1. The van der Waals surface area contributed by atoms with E-state index < -0.39 is 54.1 Å². The minimum atomic E-state index is -1.30. The van der Waals surface area contributed by atoms with Crippen LogP contribution < -0.4 is 21.7 Å². The van der Waals surface area contributed by atoms with Gasteiger partial charge in [-0.05, 0) is 13.3 Å². The van der Waals surface area contributed by atoms with Crippen molar-refractivity contribution in [2.45, 2.75) is 51.2 Å². The Hall–Kier alpha value is -2.98. The van der Waals surface area contributed by atoms with Crippen LogP contribution in [0.25, 0.3) is 0 Å². The fourth-order valence-electron chi connectivity index (χ4n) is 1.83. The van der Waals surface area contributed by atoms with Gasteiger partial charge in [0.15, 0.2) is 0 Å². The number of hydrogen-bond acceptors (Lipinski definition) is 6. The largest absolute Gasteiger partial charge is 0.481 e. The topological polar surface area (TPSA) is 185 Å². The Morgan fingerprint density at radius 2 is 1.68 bits per heavy atom. The van der Waals surface area contributed by atoms with E-state index in [-0.39, 0.29) is 19.1 Å². The molecule has 0 aliphatic rings. The summed E-state index contributed by atoms with van der Waals surface area (Å²) in [7, 11) is 0. The van der Waals surface area contributed by atoms with Crippen LogP contribution in [0, 0.1) is 0 Å². The van der Waals surface area contributed by atoms with Crippen molar-refractivity contribution in [3.8, 4) is 0 Å². The Morgan fingerprint density at radius 3 is 2.12 bits per heavy atom. The van der Waals surface area contributed by atoms with Crippen LogP contribution in [0.2, 0.25) is 0 Å². The van der Waals surface area contributed by atoms with Gasteiger partial charge in [0.1, 0.15) is 18.4 Å². The fourth-order valence-corrected chi connectivity index (χ4v) is 1.83. The Labute approximate surface area is 143 Å². The molecule has 0 unspecified atom stereocenters. The third kappa shape index (κ3) is 9.69. The average Bonchev–Trinajstić information content (AvgIpc) is 2.48. The van der Waals surface area contributed by atoms with Crippen molar-refractivity contribution in [3.63, 3.8) is 0 Å². The van der Waals surface area contributed by atoms with Crippen LogP contribution in [0.4, 0.5) is 0 Å². The van der Waals surface area contributed by atoms with E-state index >= 15 is 0 Å². The Morgan fingerprint density at radius 1 is 1.08 bits per heavy atom. The molecule has 3 atom stereocenters. The van der Waals surface area contributed by atoms with E-state index in [1.807, 2.05) is 0 Å². The first-order valence-electron chi connectivity index (χ1n) is 7.40. The minimum absolute atomic E-state index is 0.154. The summed E-state index contributed by atoms with van der Waals surface area (Å²) in [6.45, 7) is 2.60. The fraction of sp³-hybridized carbons (Fsp3) is 0.571. The standard InChI is InChI=1S/C14H22N4O7/c1-7(16-8(2)20)13(24)18-10(3-4-11(15)21)14(25)17-9(6-19)5-12(22)23/h6-7,9-10H,3-5H2,1-2H3,(H2,15,21)(H,16,20)(H,17,25)(H,18,24)(H,22,23)/t7-,9-,10-/m0/s1. The molecule has 0 bridgehead atoms. The van der Waals surface area contributed by atoms with E-state index in [9.17, 15) is 28.8 Å². The normalized spacial score (nSPS) is 13.7. The summed E-state index contributed by atoms with van der Waals surface area (Å²) in [6, 6.07) is -3.46. The van der Waals surface area contributed by atoms with Crippen LogP contribution in [0.1, 0.15) is 33.1 Å². The van der Waals surface area contributed by atoms with Crippen LogP contribution in [0.3, 0.4) is 0 Å². The molecule has 0 saturated carbocycles. The molecule has 140 valence electrons. The third-order valence-corrected chi connectivity index (χ3v) is 3.01. The van der Waals surface area contributed by atoms with Crippen molar-refractivity contribution in [1.29, 1.82) is 0 Å². The minimum Gasteiger partial charge on any atom is -0.481 e. The number of hydrogen-bond donors (Lipinski definition) is 5. The van der Waals surface area contributed by atoms with Gasteiger partial charge in [0.25, 0.3) is 0 Å². The maximum atomic E-state index is 12.2. The lowest BCUT2D eigenvalue weighted by Crippen LogP contribution is -2.54. The molecular formula is C14H22N4O7. The monoisotopic (exact) mass is 358 g/mol. The molecule has 0 aliphatic carbocycles. The molecule has 0 aliphatic heterocycles. The van der Waals surface area contributed by atoms with Gasteiger partial charge in [-0.15, -0.1) is 0 Å². The highest BCUT2D eigenvalue weighted by molar-refractivity contribution is 5.93. The molecule has 11 nitrogen and oxygen atoms in total. The van der Waals surface area contributed by atoms with E-state index in [4.69, 9.17) is 10.8 Å². The molecule has 0 saturated heterocycles. The number of aldehydes is 1. The van der Waals surface area contributed by atoms with Gasteiger partial charge in [-0.3, -0.25) is 24.0 Å². The number of primary amides is 1. The highest BCUT2D eigenvalue weighted by atomic mass is 16.4. The van der Waals surface area contributed by atoms with Crippen molar-refractivity contribution in [2.75, 3.05) is 0 Å². The summed E-state index contributed by atoms with van der Waals surface area (Å²) in [5.41, 5.74) is 5.02. The molecule has 0 rings (SSSR count). The molecule has 25 heavy (non-hydrogen) atoms. The molecule has 0 aromatic heterocycles. The smallest absolute Gasteiger partial charge is 0.305 e. The predicted molar refractivity (Wildman–Crippen MR) is 83.9 cm³/mol. The lowest BCUT2D eigenvalue weighted by molar-refractivity contribution is -0.139. The number of nitrogens with one attached hydrogen (secondary N) is 3. The highest BCUT2D eigenvalue weighted by Gasteiger charge is 2.26. The highest BCUT2D eigenvalue weighted by Crippen LogP contribution is 2.01. The average molecular weight is 358 g/mol. The Kier molecular flexibility index (Phi) is 9.45. The first kappa shape index (κ1) is 22.0. The van der Waals surface area contributed by atoms with Crippen LogP contribution in [-0.2, 0) is 28.8 Å². The molecule has 4 amide bonds. The summed E-state index contributed by atoms with van der Waals surface area (Å²) in [5, 5.41) is 15.5. The quantitative estimate of drug-likeness (QED) is 0.251. The molecule has 0 radical (unpaired) electrons. The van der Waals surface area contributed by atoms with Gasteiger partial charge >= 0.3 is 5.97 Å². The molecule has 0 fully saturated rings. The summed E-state index contributed by atoms with van der Waals surface area (Å²) < 4.78 is 0. The lowest BCUT2D eigenvalue weighted by atomic mass is 10.1.